The van der Waals surface area contributed by atoms with Crippen molar-refractivity contribution in [2.45, 2.75) is 12.2 Å². The van der Waals surface area contributed by atoms with Crippen molar-refractivity contribution in [1.82, 2.24) is 0 Å². The highest BCUT2D eigenvalue weighted by atomic mass is 79.9. The van der Waals surface area contributed by atoms with Crippen molar-refractivity contribution in [3.05, 3.63) is 29.3 Å². The fourth-order valence-corrected chi connectivity index (χ4v) is 2.11. The largest absolute Gasteiger partial charge is 0.389 e. The Morgan fingerprint density at radius 1 is 1.29 bits per heavy atom. The van der Waals surface area contributed by atoms with Crippen LogP contribution in [0.2, 0.25) is 0 Å². The molecule has 0 saturated heterocycles. The molecule has 0 radical (unpaired) electrons. The Hall–Kier alpha value is -1.24. The molecular weight excluding hydrogens is 290 g/mol. The highest BCUT2D eigenvalue weighted by Gasteiger charge is 2.33. The third kappa shape index (κ3) is 1.99. The minimum Gasteiger partial charge on any atom is -0.389 e. The van der Waals surface area contributed by atoms with Crippen LogP contribution < -0.4 is 5.32 Å². The van der Waals surface area contributed by atoms with E-state index in [4.69, 9.17) is 0 Å². The molecule has 1 aliphatic heterocycles. The third-order valence-electron chi connectivity index (χ3n) is 2.62. The maximum atomic E-state index is 11.6. The minimum absolute atomic E-state index is 0.144. The predicted molar refractivity (Wildman–Crippen MR) is 64.2 cm³/mol. The Bertz CT molecular complexity index is 488. The van der Waals surface area contributed by atoms with Crippen LogP contribution in [0.25, 0.3) is 0 Å². The molecule has 17 heavy (non-hydrogen) atoms. The summed E-state index contributed by atoms with van der Waals surface area (Å²) in [6.07, 6.45) is -2.24. The van der Waals surface area contributed by atoms with Crippen molar-refractivity contribution in [3.63, 3.8) is 0 Å². The maximum absolute atomic E-state index is 11.6. The summed E-state index contributed by atoms with van der Waals surface area (Å²) in [6, 6.07) is 4.71. The molecule has 2 unspecified atom stereocenters. The van der Waals surface area contributed by atoms with Crippen molar-refractivity contribution in [2.75, 3.05) is 10.6 Å². The molecule has 2 atom stereocenters. The quantitative estimate of drug-likeness (QED) is 0.564. The Labute approximate surface area is 106 Å². The molecule has 0 spiro atoms. The number of carbonyl (C=O) groups excluding carboxylic acids is 2. The molecule has 1 aliphatic rings. The van der Waals surface area contributed by atoms with Crippen LogP contribution in [-0.2, 0) is 4.79 Å². The van der Waals surface area contributed by atoms with Crippen LogP contribution in [0.1, 0.15) is 22.0 Å². The number of Topliss-reactive ketones (excluding diaryl/α,β-unsaturated/α-hetero) is 1. The van der Waals surface area contributed by atoms with Crippen LogP contribution in [0, 0.1) is 0 Å². The van der Waals surface area contributed by atoms with E-state index in [1.54, 1.807) is 12.1 Å². The molecule has 1 amide bonds. The highest BCUT2D eigenvalue weighted by Crippen LogP contribution is 2.31. The molecule has 0 fully saturated rings. The SMILES string of the molecule is O=C1Nc2cccc(C(O)C(O)CBr)c2C1=O. The zero-order valence-electron chi connectivity index (χ0n) is 8.68. The molecule has 3 N–H and O–H groups in total. The average molecular weight is 300 g/mol. The van der Waals surface area contributed by atoms with Crippen LogP contribution in [0.5, 0.6) is 0 Å². The Kier molecular flexibility index (Phi) is 3.28. The lowest BCUT2D eigenvalue weighted by atomic mass is 9.97. The maximum Gasteiger partial charge on any atom is 0.296 e. The van der Waals surface area contributed by atoms with Crippen LogP contribution in [0.3, 0.4) is 0 Å². The van der Waals surface area contributed by atoms with Gasteiger partial charge in [0.15, 0.2) is 0 Å². The van der Waals surface area contributed by atoms with Crippen molar-refractivity contribution in [1.29, 1.82) is 0 Å². The molecule has 0 aliphatic carbocycles. The van der Waals surface area contributed by atoms with E-state index in [1.807, 2.05) is 0 Å². The highest BCUT2D eigenvalue weighted by molar-refractivity contribution is 9.09. The predicted octanol–water partition coefficient (Wildman–Crippen LogP) is 0.611. The topological polar surface area (TPSA) is 86.6 Å². The molecule has 6 heteroatoms. The van der Waals surface area contributed by atoms with Crippen molar-refractivity contribution in [2.24, 2.45) is 0 Å². The summed E-state index contributed by atoms with van der Waals surface area (Å²) in [5, 5.41) is 22.0. The molecule has 0 aromatic heterocycles. The number of carbonyl (C=O) groups is 2. The summed E-state index contributed by atoms with van der Waals surface area (Å²) in [4.78, 5) is 22.8. The lowest BCUT2D eigenvalue weighted by Crippen LogP contribution is -2.22. The van der Waals surface area contributed by atoms with Crippen LogP contribution in [0.4, 0.5) is 5.69 Å². The molecular formula is C11H10BrNO4. The zero-order chi connectivity index (χ0) is 12.6. The second kappa shape index (κ2) is 4.56. The normalized spacial score (nSPS) is 17.6. The number of benzene rings is 1. The van der Waals surface area contributed by atoms with Gasteiger partial charge in [0.2, 0.25) is 0 Å². The molecule has 90 valence electrons. The van der Waals surface area contributed by atoms with Gasteiger partial charge in [-0.2, -0.15) is 0 Å². The van der Waals surface area contributed by atoms with E-state index in [2.05, 4.69) is 21.2 Å². The minimum atomic E-state index is -1.21. The van der Waals surface area contributed by atoms with Gasteiger partial charge < -0.3 is 15.5 Å². The van der Waals surface area contributed by atoms with Gasteiger partial charge in [-0.1, -0.05) is 28.1 Å². The fourth-order valence-electron chi connectivity index (χ4n) is 1.76. The summed E-state index contributed by atoms with van der Waals surface area (Å²) in [7, 11) is 0. The number of hydrogen-bond acceptors (Lipinski definition) is 4. The number of aliphatic hydroxyl groups is 2. The number of aliphatic hydroxyl groups excluding tert-OH is 2. The first kappa shape index (κ1) is 12.2. The summed E-state index contributed by atoms with van der Waals surface area (Å²) < 4.78 is 0. The van der Waals surface area contributed by atoms with Gasteiger partial charge in [0.25, 0.3) is 11.7 Å². The van der Waals surface area contributed by atoms with Crippen molar-refractivity contribution >= 4 is 33.3 Å². The number of rotatable bonds is 3. The number of hydrogen-bond donors (Lipinski definition) is 3. The first-order chi connectivity index (χ1) is 8.06. The van der Waals surface area contributed by atoms with E-state index < -0.39 is 23.9 Å². The lowest BCUT2D eigenvalue weighted by Gasteiger charge is -2.17. The number of ketones is 1. The Morgan fingerprint density at radius 3 is 2.65 bits per heavy atom. The van der Waals surface area contributed by atoms with Crippen LogP contribution >= 0.6 is 15.9 Å². The number of nitrogens with one attached hydrogen (secondary N) is 1. The van der Waals surface area contributed by atoms with E-state index in [0.29, 0.717) is 5.69 Å². The second-order valence-corrected chi connectivity index (χ2v) is 4.37. The van der Waals surface area contributed by atoms with Gasteiger partial charge in [0.1, 0.15) is 6.10 Å². The summed E-state index contributed by atoms with van der Waals surface area (Å²) in [5.41, 5.74) is 0.779. The Balaban J connectivity index is 2.48. The summed E-state index contributed by atoms with van der Waals surface area (Å²) >= 11 is 3.04. The first-order valence-electron chi connectivity index (χ1n) is 4.97. The van der Waals surface area contributed by atoms with E-state index in [-0.39, 0.29) is 16.5 Å². The smallest absolute Gasteiger partial charge is 0.296 e. The molecule has 1 aromatic rings. The monoisotopic (exact) mass is 299 g/mol. The molecule has 5 nitrogen and oxygen atoms in total. The number of amides is 1. The van der Waals surface area contributed by atoms with E-state index in [9.17, 15) is 19.8 Å². The van der Waals surface area contributed by atoms with Gasteiger partial charge in [-0.15, -0.1) is 0 Å². The molecule has 1 heterocycles. The van der Waals surface area contributed by atoms with E-state index in [1.165, 1.54) is 6.07 Å². The van der Waals surface area contributed by atoms with Crippen molar-refractivity contribution in [3.8, 4) is 0 Å². The zero-order valence-corrected chi connectivity index (χ0v) is 10.3. The van der Waals surface area contributed by atoms with Gasteiger partial charge in [0.05, 0.1) is 17.4 Å². The molecule has 2 rings (SSSR count). The van der Waals surface area contributed by atoms with Crippen LogP contribution in [0.15, 0.2) is 18.2 Å². The number of halogens is 1. The lowest BCUT2D eigenvalue weighted by molar-refractivity contribution is -0.112. The number of anilines is 1. The summed E-state index contributed by atoms with van der Waals surface area (Å²) in [6.45, 7) is 0. The summed E-state index contributed by atoms with van der Waals surface area (Å²) in [5.74, 6) is -1.40. The fraction of sp³-hybridized carbons (Fsp3) is 0.273. The molecule has 0 saturated carbocycles. The Morgan fingerprint density at radius 2 is 2.00 bits per heavy atom. The van der Waals surface area contributed by atoms with Gasteiger partial charge in [-0.3, -0.25) is 9.59 Å². The standard InChI is InChI=1S/C11H10BrNO4/c12-4-7(14)9(15)5-2-1-3-6-8(5)10(16)11(17)13-6/h1-3,7,9,14-15H,4H2,(H,13,16,17). The second-order valence-electron chi connectivity index (χ2n) is 3.72. The average Bonchev–Trinajstić information content (AvgIpc) is 2.63. The van der Waals surface area contributed by atoms with E-state index >= 15 is 0 Å². The van der Waals surface area contributed by atoms with Gasteiger partial charge in [0, 0.05) is 5.33 Å². The van der Waals surface area contributed by atoms with Gasteiger partial charge in [-0.05, 0) is 11.6 Å². The van der Waals surface area contributed by atoms with E-state index in [0.717, 1.165) is 0 Å². The van der Waals surface area contributed by atoms with Crippen molar-refractivity contribution < 1.29 is 19.8 Å². The first-order valence-corrected chi connectivity index (χ1v) is 6.09. The van der Waals surface area contributed by atoms with Gasteiger partial charge >= 0.3 is 0 Å². The van der Waals surface area contributed by atoms with Gasteiger partial charge in [-0.25, -0.2) is 0 Å². The molecule has 1 aromatic carbocycles. The third-order valence-corrected chi connectivity index (χ3v) is 3.28. The number of fused-ring (bicyclic) bond motifs is 1. The number of alkyl halides is 1. The van der Waals surface area contributed by atoms with Crippen LogP contribution in [-0.4, -0.2) is 33.3 Å². The molecule has 0 bridgehead atoms.